The highest BCUT2D eigenvalue weighted by Crippen LogP contribution is 2.45. The van der Waals surface area contributed by atoms with Crippen LogP contribution in [0.25, 0.3) is 0 Å². The lowest BCUT2D eigenvalue weighted by molar-refractivity contribution is -0.314. The molecule has 0 radical (unpaired) electrons. The number of hydrogen-bond donors (Lipinski definition) is 0. The molecule has 146 valence electrons. The maximum atomic E-state index is 14.5. The van der Waals surface area contributed by atoms with Crippen LogP contribution in [0.15, 0.2) is 0 Å². The molecule has 0 aromatic carbocycles. The molecule has 0 aromatic rings. The van der Waals surface area contributed by atoms with Gasteiger partial charge in [-0.2, -0.15) is 8.78 Å². The zero-order valence-corrected chi connectivity index (χ0v) is 15.2. The van der Waals surface area contributed by atoms with Crippen LogP contribution in [0.1, 0.15) is 77.6 Å². The first kappa shape index (κ1) is 19.4. The van der Waals surface area contributed by atoms with E-state index in [2.05, 4.69) is 0 Å². The molecule has 5 heteroatoms. The summed E-state index contributed by atoms with van der Waals surface area (Å²) < 4.78 is 61.9. The molecule has 0 saturated heterocycles. The summed E-state index contributed by atoms with van der Waals surface area (Å²) in [5.41, 5.74) is 0. The summed E-state index contributed by atoms with van der Waals surface area (Å²) in [6, 6.07) is 0. The molecule has 3 rings (SSSR count). The van der Waals surface area contributed by atoms with Crippen molar-refractivity contribution in [3.05, 3.63) is 0 Å². The first-order valence-corrected chi connectivity index (χ1v) is 10.2. The SMILES string of the molecule is CC1CCC(C(F)(F)OC2CCC(C3CCCCC3)CC2)C(F)C1F. The van der Waals surface area contributed by atoms with Crippen LogP contribution in [0, 0.1) is 23.7 Å². The van der Waals surface area contributed by atoms with E-state index in [1.165, 1.54) is 32.1 Å². The second kappa shape index (κ2) is 8.14. The van der Waals surface area contributed by atoms with Gasteiger partial charge < -0.3 is 4.74 Å². The average molecular weight is 364 g/mol. The molecule has 0 spiro atoms. The highest BCUT2D eigenvalue weighted by atomic mass is 19.3. The Labute approximate surface area is 148 Å². The van der Waals surface area contributed by atoms with Crippen LogP contribution < -0.4 is 0 Å². The van der Waals surface area contributed by atoms with Gasteiger partial charge >= 0.3 is 6.11 Å². The summed E-state index contributed by atoms with van der Waals surface area (Å²) in [6.07, 6.45) is 1.82. The first-order chi connectivity index (χ1) is 11.9. The molecule has 1 nitrogen and oxygen atoms in total. The normalized spacial score (nSPS) is 41.6. The lowest BCUT2D eigenvalue weighted by atomic mass is 9.73. The van der Waals surface area contributed by atoms with E-state index in [4.69, 9.17) is 4.74 Å². The summed E-state index contributed by atoms with van der Waals surface area (Å²) in [4.78, 5) is 0. The minimum atomic E-state index is -3.56. The van der Waals surface area contributed by atoms with Gasteiger partial charge in [-0.3, -0.25) is 0 Å². The summed E-state index contributed by atoms with van der Waals surface area (Å²) in [6.45, 7) is 1.58. The topological polar surface area (TPSA) is 9.23 Å². The maximum absolute atomic E-state index is 14.5. The Kier molecular flexibility index (Phi) is 6.33. The minimum Gasteiger partial charge on any atom is -0.317 e. The van der Waals surface area contributed by atoms with E-state index in [0.717, 1.165) is 18.8 Å². The lowest BCUT2D eigenvalue weighted by Crippen LogP contribution is -2.48. The van der Waals surface area contributed by atoms with Crippen LogP contribution in [-0.4, -0.2) is 24.6 Å². The van der Waals surface area contributed by atoms with Crippen molar-refractivity contribution in [2.24, 2.45) is 23.7 Å². The van der Waals surface area contributed by atoms with Gasteiger partial charge in [-0.25, -0.2) is 8.78 Å². The van der Waals surface area contributed by atoms with E-state index in [1.54, 1.807) is 6.92 Å². The highest BCUT2D eigenvalue weighted by Gasteiger charge is 2.53. The molecule has 3 fully saturated rings. The fourth-order valence-electron chi connectivity index (χ4n) is 5.24. The highest BCUT2D eigenvalue weighted by molar-refractivity contribution is 4.91. The molecule has 3 saturated carbocycles. The molecule has 3 aliphatic rings. The van der Waals surface area contributed by atoms with Gasteiger partial charge in [-0.1, -0.05) is 39.0 Å². The van der Waals surface area contributed by atoms with Crippen molar-refractivity contribution >= 4 is 0 Å². The van der Waals surface area contributed by atoms with Crippen molar-refractivity contribution in [3.8, 4) is 0 Å². The second-order valence-electron chi connectivity index (χ2n) is 8.66. The molecular weight excluding hydrogens is 332 g/mol. The molecule has 0 amide bonds. The third-order valence-corrected chi connectivity index (χ3v) is 6.96. The van der Waals surface area contributed by atoms with E-state index in [0.29, 0.717) is 25.2 Å². The predicted molar refractivity (Wildman–Crippen MR) is 90.0 cm³/mol. The van der Waals surface area contributed by atoms with Gasteiger partial charge in [0.15, 0.2) is 0 Å². The Hall–Kier alpha value is -0.320. The molecule has 0 N–H and O–H groups in total. The molecule has 0 aliphatic heterocycles. The third kappa shape index (κ3) is 4.51. The van der Waals surface area contributed by atoms with Gasteiger partial charge in [0.1, 0.15) is 12.3 Å². The van der Waals surface area contributed by atoms with E-state index >= 15 is 0 Å². The average Bonchev–Trinajstić information content (AvgIpc) is 2.60. The number of ether oxygens (including phenoxy) is 1. The molecule has 3 aliphatic carbocycles. The van der Waals surface area contributed by atoms with E-state index < -0.39 is 36.4 Å². The van der Waals surface area contributed by atoms with E-state index in [1.807, 2.05) is 0 Å². The van der Waals surface area contributed by atoms with Gasteiger partial charge in [0.2, 0.25) is 0 Å². The quantitative estimate of drug-likeness (QED) is 0.520. The van der Waals surface area contributed by atoms with Crippen molar-refractivity contribution in [2.75, 3.05) is 0 Å². The van der Waals surface area contributed by atoms with Crippen LogP contribution >= 0.6 is 0 Å². The standard InChI is InChI=1S/C20H32F4O/c1-13-7-12-17(19(22)18(13)21)20(23,24)25-16-10-8-15(9-11-16)14-5-3-2-4-6-14/h13-19H,2-12H2,1H3. The number of rotatable bonds is 4. The van der Waals surface area contributed by atoms with Crippen molar-refractivity contribution in [3.63, 3.8) is 0 Å². The van der Waals surface area contributed by atoms with E-state index in [9.17, 15) is 17.6 Å². The summed E-state index contributed by atoms with van der Waals surface area (Å²) in [5.74, 6) is -0.756. The Bertz CT molecular complexity index is 416. The Morgan fingerprint density at radius 2 is 1.32 bits per heavy atom. The smallest absolute Gasteiger partial charge is 0.317 e. The van der Waals surface area contributed by atoms with Crippen LogP contribution in [0.2, 0.25) is 0 Å². The predicted octanol–water partition coefficient (Wildman–Crippen LogP) is 6.46. The van der Waals surface area contributed by atoms with Crippen LogP contribution in [0.5, 0.6) is 0 Å². The van der Waals surface area contributed by atoms with Gasteiger partial charge in [0.05, 0.1) is 12.0 Å². The molecule has 0 heterocycles. The molecule has 0 aromatic heterocycles. The fourth-order valence-corrected chi connectivity index (χ4v) is 5.24. The van der Waals surface area contributed by atoms with Crippen LogP contribution in [-0.2, 0) is 4.74 Å². The largest absolute Gasteiger partial charge is 0.361 e. The number of alkyl halides is 4. The summed E-state index contributed by atoms with van der Waals surface area (Å²) >= 11 is 0. The zero-order chi connectivity index (χ0) is 18.0. The monoisotopic (exact) mass is 364 g/mol. The molecule has 25 heavy (non-hydrogen) atoms. The molecule has 0 bridgehead atoms. The van der Waals surface area contributed by atoms with Crippen LogP contribution in [0.3, 0.4) is 0 Å². The number of hydrogen-bond acceptors (Lipinski definition) is 1. The van der Waals surface area contributed by atoms with E-state index in [-0.39, 0.29) is 6.42 Å². The van der Waals surface area contributed by atoms with Gasteiger partial charge in [-0.05, 0) is 56.3 Å². The minimum absolute atomic E-state index is 0.00677. The maximum Gasteiger partial charge on any atom is 0.361 e. The van der Waals surface area contributed by atoms with Crippen molar-refractivity contribution in [1.82, 2.24) is 0 Å². The first-order valence-electron chi connectivity index (χ1n) is 10.2. The van der Waals surface area contributed by atoms with Crippen molar-refractivity contribution in [1.29, 1.82) is 0 Å². The van der Waals surface area contributed by atoms with Crippen LogP contribution in [0.4, 0.5) is 17.6 Å². The fraction of sp³-hybridized carbons (Fsp3) is 1.00. The molecule has 4 unspecified atom stereocenters. The lowest BCUT2D eigenvalue weighted by Gasteiger charge is -2.40. The summed E-state index contributed by atoms with van der Waals surface area (Å²) in [7, 11) is 0. The molecular formula is C20H32F4O. The number of halogens is 4. The third-order valence-electron chi connectivity index (χ3n) is 6.96. The van der Waals surface area contributed by atoms with Crippen molar-refractivity contribution < 1.29 is 22.3 Å². The van der Waals surface area contributed by atoms with Gasteiger partial charge in [0.25, 0.3) is 0 Å². The van der Waals surface area contributed by atoms with Crippen molar-refractivity contribution in [2.45, 2.75) is 102 Å². The zero-order valence-electron chi connectivity index (χ0n) is 15.2. The summed E-state index contributed by atoms with van der Waals surface area (Å²) in [5, 5.41) is 0. The molecule has 4 atom stereocenters. The van der Waals surface area contributed by atoms with Gasteiger partial charge in [0, 0.05) is 0 Å². The second-order valence-corrected chi connectivity index (χ2v) is 8.66. The Morgan fingerprint density at radius 1 is 0.720 bits per heavy atom. The Morgan fingerprint density at radius 3 is 1.96 bits per heavy atom. The van der Waals surface area contributed by atoms with Gasteiger partial charge in [-0.15, -0.1) is 0 Å². The Balaban J connectivity index is 1.50.